The van der Waals surface area contributed by atoms with Gasteiger partial charge in [-0.3, -0.25) is 0 Å². The summed E-state index contributed by atoms with van der Waals surface area (Å²) in [6.45, 7) is 6.81. The number of aldehydes is 1. The van der Waals surface area contributed by atoms with Crippen LogP contribution in [0, 0.1) is 0 Å². The molecule has 2 rings (SSSR count). The summed E-state index contributed by atoms with van der Waals surface area (Å²) >= 11 is 0. The second-order valence-electron chi connectivity index (χ2n) is 7.49. The molecular weight excluding hydrogens is 358 g/mol. The molecule has 2 aromatic rings. The van der Waals surface area contributed by atoms with E-state index in [2.05, 4.69) is 50.4 Å². The van der Waals surface area contributed by atoms with Crippen molar-refractivity contribution < 1.29 is 19.1 Å². The van der Waals surface area contributed by atoms with Crippen molar-refractivity contribution in [1.82, 2.24) is 5.32 Å². The molecule has 2 aromatic carbocycles. The van der Waals surface area contributed by atoms with Gasteiger partial charge in [-0.05, 0) is 21.8 Å². The smallest absolute Gasteiger partial charge is 0.405 e. The van der Waals surface area contributed by atoms with Crippen molar-refractivity contribution in [3.63, 3.8) is 0 Å². The van der Waals surface area contributed by atoms with Crippen LogP contribution in [0.1, 0.15) is 27.2 Å². The molecule has 1 atom stereocenters. The van der Waals surface area contributed by atoms with E-state index < -0.39 is 20.5 Å². The minimum atomic E-state index is -2.66. The normalized spacial score (nSPS) is 13.0. The van der Waals surface area contributed by atoms with Crippen LogP contribution in [-0.4, -0.2) is 38.5 Å². The molecule has 0 saturated heterocycles. The van der Waals surface area contributed by atoms with Crippen molar-refractivity contribution in [3.05, 3.63) is 60.7 Å². The fourth-order valence-electron chi connectivity index (χ4n) is 3.43. The van der Waals surface area contributed by atoms with Crippen molar-refractivity contribution in [2.24, 2.45) is 0 Å². The summed E-state index contributed by atoms with van der Waals surface area (Å²) in [5.41, 5.74) is 0. The summed E-state index contributed by atoms with van der Waals surface area (Å²) in [5, 5.41) is 13.2. The maximum Gasteiger partial charge on any atom is 0.405 e. The zero-order valence-corrected chi connectivity index (χ0v) is 17.0. The lowest BCUT2D eigenvalue weighted by Crippen LogP contribution is -2.66. The first-order chi connectivity index (χ1) is 12.8. The lowest BCUT2D eigenvalue weighted by atomic mass is 10.2. The molecule has 144 valence electrons. The predicted octanol–water partition coefficient (Wildman–Crippen LogP) is 2.79. The third-order valence-corrected chi connectivity index (χ3v) is 9.68. The maximum absolute atomic E-state index is 11.2. The largest absolute Gasteiger partial charge is 0.465 e. The van der Waals surface area contributed by atoms with Gasteiger partial charge in [0.05, 0.1) is 6.04 Å². The van der Waals surface area contributed by atoms with Gasteiger partial charge in [0.25, 0.3) is 8.32 Å². The summed E-state index contributed by atoms with van der Waals surface area (Å²) in [6.07, 6.45) is -0.305. The first-order valence-corrected chi connectivity index (χ1v) is 10.9. The zero-order chi connectivity index (χ0) is 19.9. The fourth-order valence-corrected chi connectivity index (χ4v) is 8.01. The number of nitrogens with one attached hydrogen (secondary N) is 1. The van der Waals surface area contributed by atoms with Gasteiger partial charge in [0.15, 0.2) is 0 Å². The molecule has 0 aliphatic rings. The van der Waals surface area contributed by atoms with Crippen LogP contribution in [0.25, 0.3) is 0 Å². The van der Waals surface area contributed by atoms with Gasteiger partial charge in [0.1, 0.15) is 6.29 Å². The average Bonchev–Trinajstić information content (AvgIpc) is 2.64. The monoisotopic (exact) mass is 385 g/mol. The van der Waals surface area contributed by atoms with E-state index in [9.17, 15) is 9.59 Å². The van der Waals surface area contributed by atoms with Gasteiger partial charge in [0, 0.05) is 6.61 Å². The first kappa shape index (κ1) is 20.9. The van der Waals surface area contributed by atoms with E-state index in [0.717, 1.165) is 10.4 Å². The number of amides is 1. The van der Waals surface area contributed by atoms with Crippen LogP contribution in [0.5, 0.6) is 0 Å². The highest BCUT2D eigenvalue weighted by atomic mass is 28.4. The van der Waals surface area contributed by atoms with Gasteiger partial charge in [-0.25, -0.2) is 4.79 Å². The molecule has 0 radical (unpaired) electrons. The molecule has 0 heterocycles. The van der Waals surface area contributed by atoms with E-state index in [0.29, 0.717) is 12.7 Å². The third kappa shape index (κ3) is 4.84. The van der Waals surface area contributed by atoms with Crippen LogP contribution in [0.15, 0.2) is 60.7 Å². The highest BCUT2D eigenvalue weighted by Crippen LogP contribution is 2.36. The van der Waals surface area contributed by atoms with Crippen LogP contribution in [-0.2, 0) is 9.22 Å². The number of carbonyl (C=O) groups is 2. The van der Waals surface area contributed by atoms with Crippen molar-refractivity contribution >= 4 is 31.1 Å². The molecule has 1 amide bonds. The molecule has 0 spiro atoms. The molecule has 6 heteroatoms. The molecule has 0 aliphatic heterocycles. The molecule has 0 aromatic heterocycles. The Bertz CT molecular complexity index is 704. The van der Waals surface area contributed by atoms with E-state index in [4.69, 9.17) is 9.53 Å². The Labute approximate surface area is 161 Å². The first-order valence-electron chi connectivity index (χ1n) is 9.01. The van der Waals surface area contributed by atoms with Crippen molar-refractivity contribution in [1.29, 1.82) is 0 Å². The van der Waals surface area contributed by atoms with Gasteiger partial charge in [-0.15, -0.1) is 0 Å². The molecule has 2 N–H and O–H groups in total. The van der Waals surface area contributed by atoms with Gasteiger partial charge in [0.2, 0.25) is 0 Å². The van der Waals surface area contributed by atoms with Crippen molar-refractivity contribution in [2.45, 2.75) is 38.3 Å². The average molecular weight is 386 g/mol. The van der Waals surface area contributed by atoms with Gasteiger partial charge >= 0.3 is 6.09 Å². The molecule has 0 fully saturated rings. The quantitative estimate of drug-likeness (QED) is 0.541. The molecule has 0 bridgehead atoms. The van der Waals surface area contributed by atoms with Crippen LogP contribution in [0.3, 0.4) is 0 Å². The SMILES string of the molecule is CC(C)(C)[Si](OCC[C@@H](C=O)NC(=O)O)(c1ccccc1)c1ccccc1. The van der Waals surface area contributed by atoms with Crippen LogP contribution >= 0.6 is 0 Å². The molecule has 0 unspecified atom stereocenters. The number of benzene rings is 2. The summed E-state index contributed by atoms with van der Waals surface area (Å²) in [4.78, 5) is 22.0. The Hall–Kier alpha value is -2.44. The second-order valence-corrected chi connectivity index (χ2v) is 11.8. The Balaban J connectivity index is 2.40. The Morgan fingerprint density at radius 2 is 1.56 bits per heavy atom. The Morgan fingerprint density at radius 3 is 1.93 bits per heavy atom. The molecule has 27 heavy (non-hydrogen) atoms. The van der Waals surface area contributed by atoms with Gasteiger partial charge in [-0.2, -0.15) is 0 Å². The highest BCUT2D eigenvalue weighted by Gasteiger charge is 2.50. The predicted molar refractivity (Wildman–Crippen MR) is 109 cm³/mol. The lowest BCUT2D eigenvalue weighted by Gasteiger charge is -2.43. The Kier molecular flexibility index (Phi) is 6.93. The topological polar surface area (TPSA) is 75.6 Å². The Morgan fingerprint density at radius 1 is 1.07 bits per heavy atom. The van der Waals surface area contributed by atoms with Crippen molar-refractivity contribution in [3.8, 4) is 0 Å². The highest BCUT2D eigenvalue weighted by molar-refractivity contribution is 6.99. The number of carbonyl (C=O) groups excluding carboxylic acids is 1. The van der Waals surface area contributed by atoms with E-state index in [-0.39, 0.29) is 11.6 Å². The number of carboxylic acid groups (broad SMARTS) is 1. The maximum atomic E-state index is 11.2. The van der Waals surface area contributed by atoms with Gasteiger partial charge in [-0.1, -0.05) is 81.4 Å². The van der Waals surface area contributed by atoms with E-state index in [1.165, 1.54) is 0 Å². The molecule has 5 nitrogen and oxygen atoms in total. The fraction of sp³-hybridized carbons (Fsp3) is 0.333. The zero-order valence-electron chi connectivity index (χ0n) is 16.0. The molecule has 0 aliphatic carbocycles. The summed E-state index contributed by atoms with van der Waals surface area (Å²) in [7, 11) is -2.66. The summed E-state index contributed by atoms with van der Waals surface area (Å²) < 4.78 is 6.63. The second kappa shape index (κ2) is 8.97. The van der Waals surface area contributed by atoms with E-state index in [1.807, 2.05) is 36.4 Å². The summed E-state index contributed by atoms with van der Waals surface area (Å²) in [5.74, 6) is 0. The molecular formula is C21H27NO4Si. The standard InChI is InChI=1S/C21H27NO4Si/c1-21(2,3)27(18-10-6-4-7-11-18,19-12-8-5-9-13-19)26-15-14-17(16-23)22-20(24)25/h4-13,16-17,22H,14-15H2,1-3H3,(H,24,25)/t17-/m0/s1. The minimum Gasteiger partial charge on any atom is -0.465 e. The number of hydrogen-bond acceptors (Lipinski definition) is 3. The summed E-state index contributed by atoms with van der Waals surface area (Å²) in [6, 6.07) is 19.6. The van der Waals surface area contributed by atoms with E-state index >= 15 is 0 Å². The number of rotatable bonds is 8. The van der Waals surface area contributed by atoms with Gasteiger partial charge < -0.3 is 19.6 Å². The van der Waals surface area contributed by atoms with Crippen LogP contribution < -0.4 is 15.7 Å². The molecule has 0 saturated carbocycles. The number of hydrogen-bond donors (Lipinski definition) is 2. The van der Waals surface area contributed by atoms with Crippen LogP contribution in [0.4, 0.5) is 4.79 Å². The van der Waals surface area contributed by atoms with Crippen LogP contribution in [0.2, 0.25) is 5.04 Å². The lowest BCUT2D eigenvalue weighted by molar-refractivity contribution is -0.109. The van der Waals surface area contributed by atoms with Crippen molar-refractivity contribution in [2.75, 3.05) is 6.61 Å². The minimum absolute atomic E-state index is 0.160. The third-order valence-electron chi connectivity index (χ3n) is 4.64. The van der Waals surface area contributed by atoms with E-state index in [1.54, 1.807) is 0 Å².